The minimum absolute atomic E-state index is 0.0541. The summed E-state index contributed by atoms with van der Waals surface area (Å²) in [5, 5.41) is 0. The van der Waals surface area contributed by atoms with E-state index >= 15 is 0 Å². The lowest BCUT2D eigenvalue weighted by atomic mass is 10.2. The second-order valence-corrected chi connectivity index (χ2v) is 6.89. The average molecular weight is 291 g/mol. The van der Waals surface area contributed by atoms with Crippen molar-refractivity contribution in [1.29, 1.82) is 0 Å². The minimum atomic E-state index is -3.38. The predicted octanol–water partition coefficient (Wildman–Crippen LogP) is 2.03. The third-order valence-electron chi connectivity index (χ3n) is 1.98. The van der Waals surface area contributed by atoms with Crippen molar-refractivity contribution in [3.05, 3.63) is 35.9 Å². The second-order valence-electron chi connectivity index (χ2n) is 3.00. The number of sulfone groups is 1. The highest BCUT2D eigenvalue weighted by atomic mass is 79.9. The maximum Gasteiger partial charge on any atom is 0.191 e. The van der Waals surface area contributed by atoms with Crippen LogP contribution in [0, 0.1) is 0 Å². The monoisotopic (exact) mass is 290 g/mol. The molecule has 1 rings (SSSR count). The van der Waals surface area contributed by atoms with Gasteiger partial charge in [0.1, 0.15) is 0 Å². The van der Waals surface area contributed by atoms with Crippen LogP contribution in [-0.4, -0.2) is 24.1 Å². The van der Waals surface area contributed by atoms with Gasteiger partial charge in [0, 0.05) is 11.3 Å². The van der Waals surface area contributed by atoms with E-state index in [-0.39, 0.29) is 5.75 Å². The standard InChI is InChI=1S/C10H11BrO3S/c1-2-15(13,14)10(11)9(12)8-6-4-3-5-7-8/h3-7,10H,2H2,1H3. The highest BCUT2D eigenvalue weighted by Gasteiger charge is 2.28. The third kappa shape index (κ3) is 2.89. The molecule has 0 aliphatic rings. The summed E-state index contributed by atoms with van der Waals surface area (Å²) in [6, 6.07) is 8.37. The van der Waals surface area contributed by atoms with E-state index in [2.05, 4.69) is 15.9 Å². The van der Waals surface area contributed by atoms with E-state index in [1.165, 1.54) is 6.92 Å². The van der Waals surface area contributed by atoms with Crippen LogP contribution in [0.2, 0.25) is 0 Å². The number of benzene rings is 1. The molecule has 0 radical (unpaired) electrons. The number of rotatable bonds is 4. The normalized spacial score (nSPS) is 13.5. The zero-order valence-electron chi connectivity index (χ0n) is 8.18. The Morgan fingerprint density at radius 2 is 1.87 bits per heavy atom. The summed E-state index contributed by atoms with van der Waals surface area (Å²) in [6.07, 6.45) is 0. The van der Waals surface area contributed by atoms with E-state index in [4.69, 9.17) is 0 Å². The summed E-state index contributed by atoms with van der Waals surface area (Å²) < 4.78 is 21.8. The van der Waals surface area contributed by atoms with Crippen LogP contribution in [0.15, 0.2) is 30.3 Å². The SMILES string of the molecule is CCS(=O)(=O)C(Br)C(=O)c1ccccc1. The van der Waals surface area contributed by atoms with Gasteiger partial charge in [0.15, 0.2) is 19.8 Å². The summed E-state index contributed by atoms with van der Waals surface area (Å²) in [7, 11) is -3.38. The van der Waals surface area contributed by atoms with Gasteiger partial charge in [0.25, 0.3) is 0 Å². The minimum Gasteiger partial charge on any atom is -0.292 e. The van der Waals surface area contributed by atoms with Crippen LogP contribution in [0.5, 0.6) is 0 Å². The smallest absolute Gasteiger partial charge is 0.191 e. The molecule has 1 atom stereocenters. The van der Waals surface area contributed by atoms with Gasteiger partial charge in [-0.1, -0.05) is 53.2 Å². The lowest BCUT2D eigenvalue weighted by Crippen LogP contribution is -2.25. The fraction of sp³-hybridized carbons (Fsp3) is 0.300. The highest BCUT2D eigenvalue weighted by molar-refractivity contribution is 9.11. The molecule has 1 unspecified atom stereocenters. The van der Waals surface area contributed by atoms with Crippen LogP contribution in [0.4, 0.5) is 0 Å². The van der Waals surface area contributed by atoms with Crippen LogP contribution in [0.25, 0.3) is 0 Å². The van der Waals surface area contributed by atoms with E-state index in [1.54, 1.807) is 30.3 Å². The molecule has 0 N–H and O–H groups in total. The molecule has 0 saturated carbocycles. The molecule has 0 amide bonds. The van der Waals surface area contributed by atoms with Gasteiger partial charge in [-0.2, -0.15) is 0 Å². The number of Topliss-reactive ketones (excluding diaryl/α,β-unsaturated/α-hetero) is 1. The van der Waals surface area contributed by atoms with Crippen LogP contribution < -0.4 is 0 Å². The Bertz CT molecular complexity index is 439. The molecule has 0 heterocycles. The number of ketones is 1. The van der Waals surface area contributed by atoms with Crippen molar-refractivity contribution in [3.8, 4) is 0 Å². The number of hydrogen-bond donors (Lipinski definition) is 0. The maximum absolute atomic E-state index is 11.7. The number of hydrogen-bond acceptors (Lipinski definition) is 3. The number of carbonyl (C=O) groups excluding carboxylic acids is 1. The van der Waals surface area contributed by atoms with Crippen molar-refractivity contribution in [3.63, 3.8) is 0 Å². The van der Waals surface area contributed by atoms with Crippen molar-refractivity contribution in [2.24, 2.45) is 0 Å². The average Bonchev–Trinajstić information content (AvgIpc) is 2.28. The molecule has 1 aromatic rings. The Morgan fingerprint density at radius 1 is 1.33 bits per heavy atom. The summed E-state index contributed by atoms with van der Waals surface area (Å²) in [4.78, 5) is 11.7. The van der Waals surface area contributed by atoms with Crippen LogP contribution in [-0.2, 0) is 9.84 Å². The van der Waals surface area contributed by atoms with E-state index in [0.29, 0.717) is 5.56 Å². The first-order valence-corrected chi connectivity index (χ1v) is 7.07. The molecular formula is C10H11BrO3S. The van der Waals surface area contributed by atoms with Crippen LogP contribution >= 0.6 is 15.9 Å². The first-order valence-electron chi connectivity index (χ1n) is 4.44. The van der Waals surface area contributed by atoms with Crippen molar-refractivity contribution < 1.29 is 13.2 Å². The molecule has 0 aromatic heterocycles. The second kappa shape index (κ2) is 4.90. The summed E-state index contributed by atoms with van der Waals surface area (Å²) in [6.45, 7) is 1.52. The van der Waals surface area contributed by atoms with Gasteiger partial charge in [-0.15, -0.1) is 0 Å². The number of carbonyl (C=O) groups is 1. The summed E-state index contributed by atoms with van der Waals surface area (Å²) in [5.74, 6) is -0.473. The van der Waals surface area contributed by atoms with E-state index in [9.17, 15) is 13.2 Å². The van der Waals surface area contributed by atoms with Gasteiger partial charge in [0.05, 0.1) is 0 Å². The van der Waals surface area contributed by atoms with Crippen LogP contribution in [0.1, 0.15) is 17.3 Å². The molecular weight excluding hydrogens is 280 g/mol. The summed E-state index contributed by atoms with van der Waals surface area (Å²) >= 11 is 2.92. The zero-order valence-corrected chi connectivity index (χ0v) is 10.6. The molecule has 0 bridgehead atoms. The van der Waals surface area contributed by atoms with E-state index in [1.807, 2.05) is 0 Å². The first kappa shape index (κ1) is 12.4. The molecule has 5 heteroatoms. The molecule has 3 nitrogen and oxygen atoms in total. The highest BCUT2D eigenvalue weighted by Crippen LogP contribution is 2.16. The lowest BCUT2D eigenvalue weighted by molar-refractivity contribution is 0.101. The van der Waals surface area contributed by atoms with Gasteiger partial charge in [-0.25, -0.2) is 8.42 Å². The number of alkyl halides is 1. The molecule has 15 heavy (non-hydrogen) atoms. The molecule has 0 aliphatic heterocycles. The van der Waals surface area contributed by atoms with Crippen LogP contribution in [0.3, 0.4) is 0 Å². The van der Waals surface area contributed by atoms with E-state index in [0.717, 1.165) is 0 Å². The third-order valence-corrected chi connectivity index (χ3v) is 5.76. The molecule has 0 fully saturated rings. The largest absolute Gasteiger partial charge is 0.292 e. The Kier molecular flexibility index (Phi) is 4.04. The molecule has 0 spiro atoms. The lowest BCUT2D eigenvalue weighted by Gasteiger charge is -2.08. The number of halogens is 1. The van der Waals surface area contributed by atoms with E-state index < -0.39 is 19.8 Å². The van der Waals surface area contributed by atoms with Gasteiger partial charge in [-0.3, -0.25) is 4.79 Å². The molecule has 0 saturated heterocycles. The van der Waals surface area contributed by atoms with Gasteiger partial charge >= 0.3 is 0 Å². The predicted molar refractivity (Wildman–Crippen MR) is 62.9 cm³/mol. The Balaban J connectivity index is 2.97. The van der Waals surface area contributed by atoms with Crippen molar-refractivity contribution in [1.82, 2.24) is 0 Å². The molecule has 0 aliphatic carbocycles. The van der Waals surface area contributed by atoms with Gasteiger partial charge in [-0.05, 0) is 0 Å². The summed E-state index contributed by atoms with van der Waals surface area (Å²) in [5.41, 5.74) is 0.399. The van der Waals surface area contributed by atoms with Gasteiger partial charge < -0.3 is 0 Å². The van der Waals surface area contributed by atoms with Crippen molar-refractivity contribution in [2.75, 3.05) is 5.75 Å². The first-order chi connectivity index (χ1) is 6.99. The topological polar surface area (TPSA) is 51.2 Å². The molecule has 1 aromatic carbocycles. The van der Waals surface area contributed by atoms with Crippen molar-refractivity contribution in [2.45, 2.75) is 11.1 Å². The van der Waals surface area contributed by atoms with Gasteiger partial charge in [0.2, 0.25) is 0 Å². The Labute approximate surface area is 97.5 Å². The maximum atomic E-state index is 11.7. The fourth-order valence-corrected chi connectivity index (χ4v) is 2.86. The molecule has 82 valence electrons. The fourth-order valence-electron chi connectivity index (χ4n) is 1.04. The van der Waals surface area contributed by atoms with Crippen molar-refractivity contribution >= 4 is 31.6 Å². The Hall–Kier alpha value is -0.680. The quantitative estimate of drug-likeness (QED) is 0.630. The zero-order chi connectivity index (χ0) is 11.5. The Morgan fingerprint density at radius 3 is 2.33 bits per heavy atom.